The predicted molar refractivity (Wildman–Crippen MR) is 65.7 cm³/mol. The molecular weight excluding hydrogens is 218 g/mol. The van der Waals surface area contributed by atoms with E-state index in [4.69, 9.17) is 5.11 Å². The fraction of sp³-hybridized carbons (Fsp3) is 0.917. The molecule has 2 heterocycles. The lowest BCUT2D eigenvalue weighted by Gasteiger charge is -2.38. The zero-order valence-electron chi connectivity index (χ0n) is 10.4. The number of likely N-dealkylation sites (tertiary alicyclic amines) is 1. The first-order valence-electron chi connectivity index (χ1n) is 6.67. The molecule has 0 bridgehead atoms. The Hall–Kier alpha value is -0.650. The second-order valence-corrected chi connectivity index (χ2v) is 4.85. The van der Waals surface area contributed by atoms with Gasteiger partial charge in [-0.3, -0.25) is 9.69 Å². The Morgan fingerprint density at radius 2 is 2.00 bits per heavy atom. The molecule has 0 aliphatic carbocycles. The highest BCUT2D eigenvalue weighted by Gasteiger charge is 2.31. The molecule has 0 spiro atoms. The molecule has 0 aromatic heterocycles. The molecule has 2 N–H and O–H groups in total. The third-order valence-corrected chi connectivity index (χ3v) is 3.71. The Morgan fingerprint density at radius 1 is 1.24 bits per heavy atom. The number of aliphatic hydroxyl groups is 1. The molecule has 1 unspecified atom stereocenters. The molecule has 17 heavy (non-hydrogen) atoms. The van der Waals surface area contributed by atoms with Crippen LogP contribution < -0.4 is 5.32 Å². The normalized spacial score (nSPS) is 27.1. The molecule has 2 aliphatic rings. The van der Waals surface area contributed by atoms with Gasteiger partial charge in [0, 0.05) is 32.7 Å². The zero-order chi connectivity index (χ0) is 12.1. The number of nitrogens with one attached hydrogen (secondary N) is 1. The van der Waals surface area contributed by atoms with E-state index in [1.54, 1.807) is 0 Å². The first-order valence-corrected chi connectivity index (χ1v) is 6.67. The fourth-order valence-corrected chi connectivity index (χ4v) is 2.76. The number of rotatable bonds is 3. The highest BCUT2D eigenvalue weighted by molar-refractivity contribution is 5.82. The van der Waals surface area contributed by atoms with E-state index < -0.39 is 0 Å². The van der Waals surface area contributed by atoms with Gasteiger partial charge in [-0.05, 0) is 19.4 Å². The van der Waals surface area contributed by atoms with Crippen LogP contribution >= 0.6 is 0 Å². The highest BCUT2D eigenvalue weighted by atomic mass is 16.3. The van der Waals surface area contributed by atoms with Crippen LogP contribution in [0.15, 0.2) is 0 Å². The number of amides is 1. The number of hydrogen-bond acceptors (Lipinski definition) is 4. The second-order valence-electron chi connectivity index (χ2n) is 4.85. The summed E-state index contributed by atoms with van der Waals surface area (Å²) in [6.07, 6.45) is 3.22. The average molecular weight is 241 g/mol. The van der Waals surface area contributed by atoms with Crippen molar-refractivity contribution in [1.82, 2.24) is 15.1 Å². The molecule has 1 amide bonds. The minimum Gasteiger partial charge on any atom is -0.395 e. The smallest absolute Gasteiger partial charge is 0.240 e. The summed E-state index contributed by atoms with van der Waals surface area (Å²) < 4.78 is 0. The maximum atomic E-state index is 12.4. The first kappa shape index (κ1) is 12.8. The van der Waals surface area contributed by atoms with Crippen LogP contribution in [0.2, 0.25) is 0 Å². The zero-order valence-corrected chi connectivity index (χ0v) is 10.4. The van der Waals surface area contributed by atoms with Crippen molar-refractivity contribution < 1.29 is 9.90 Å². The van der Waals surface area contributed by atoms with Gasteiger partial charge < -0.3 is 15.3 Å². The summed E-state index contributed by atoms with van der Waals surface area (Å²) in [6, 6.07) is 0.00833. The van der Waals surface area contributed by atoms with E-state index in [2.05, 4.69) is 10.2 Å². The van der Waals surface area contributed by atoms with Crippen molar-refractivity contribution in [3.05, 3.63) is 0 Å². The summed E-state index contributed by atoms with van der Waals surface area (Å²) in [7, 11) is 0. The molecule has 98 valence electrons. The Labute approximate surface area is 103 Å². The highest BCUT2D eigenvalue weighted by Crippen LogP contribution is 2.18. The number of aliphatic hydroxyl groups excluding tert-OH is 1. The molecular formula is C12H23N3O2. The molecule has 5 heteroatoms. The molecule has 2 fully saturated rings. The molecule has 1 atom stereocenters. The van der Waals surface area contributed by atoms with Crippen LogP contribution in [0.4, 0.5) is 0 Å². The molecule has 0 aromatic carbocycles. The van der Waals surface area contributed by atoms with Crippen molar-refractivity contribution in [3.8, 4) is 0 Å². The van der Waals surface area contributed by atoms with Crippen LogP contribution in [0.5, 0.6) is 0 Å². The average Bonchev–Trinajstić information content (AvgIpc) is 2.40. The van der Waals surface area contributed by atoms with Crippen molar-refractivity contribution in [2.75, 3.05) is 45.9 Å². The van der Waals surface area contributed by atoms with Gasteiger partial charge in [-0.25, -0.2) is 0 Å². The lowest BCUT2D eigenvalue weighted by atomic mass is 10.0. The maximum Gasteiger partial charge on any atom is 0.240 e. The quantitative estimate of drug-likeness (QED) is 0.684. The summed E-state index contributed by atoms with van der Waals surface area (Å²) in [5, 5.41) is 12.3. The van der Waals surface area contributed by atoms with Gasteiger partial charge >= 0.3 is 0 Å². The Kier molecular flexibility index (Phi) is 4.76. The standard InChI is InChI=1S/C12H23N3O2/c16-10-9-14-6-2-1-3-11(14)12(17)15-7-4-13-5-8-15/h11,13,16H,1-10H2. The molecule has 0 radical (unpaired) electrons. The lowest BCUT2D eigenvalue weighted by Crippen LogP contribution is -2.55. The van der Waals surface area contributed by atoms with Crippen molar-refractivity contribution in [3.63, 3.8) is 0 Å². The van der Waals surface area contributed by atoms with Gasteiger partial charge in [-0.15, -0.1) is 0 Å². The summed E-state index contributed by atoms with van der Waals surface area (Å²) in [4.78, 5) is 16.5. The second kappa shape index (κ2) is 6.33. The van der Waals surface area contributed by atoms with Crippen LogP contribution in [0.25, 0.3) is 0 Å². The number of piperidine rings is 1. The van der Waals surface area contributed by atoms with E-state index >= 15 is 0 Å². The van der Waals surface area contributed by atoms with E-state index in [1.165, 1.54) is 0 Å². The molecule has 2 aliphatic heterocycles. The Bertz CT molecular complexity index is 252. The Balaban J connectivity index is 1.94. The Morgan fingerprint density at radius 3 is 2.71 bits per heavy atom. The molecule has 2 rings (SSSR count). The van der Waals surface area contributed by atoms with Crippen molar-refractivity contribution >= 4 is 5.91 Å². The van der Waals surface area contributed by atoms with Gasteiger partial charge in [0.25, 0.3) is 0 Å². The monoisotopic (exact) mass is 241 g/mol. The lowest BCUT2D eigenvalue weighted by molar-refractivity contribution is -0.139. The van der Waals surface area contributed by atoms with Gasteiger partial charge in [0.05, 0.1) is 12.6 Å². The van der Waals surface area contributed by atoms with Crippen molar-refractivity contribution in [2.24, 2.45) is 0 Å². The number of β-amino-alcohol motifs (C(OH)–C–C–N with tert-alkyl or cyclic N) is 1. The summed E-state index contributed by atoms with van der Waals surface area (Å²) in [5.41, 5.74) is 0. The van der Waals surface area contributed by atoms with E-state index in [1.807, 2.05) is 4.90 Å². The van der Waals surface area contributed by atoms with Crippen LogP contribution in [0.3, 0.4) is 0 Å². The van der Waals surface area contributed by atoms with Gasteiger partial charge in [-0.1, -0.05) is 6.42 Å². The van der Waals surface area contributed by atoms with E-state index in [9.17, 15) is 4.79 Å². The SMILES string of the molecule is O=C(C1CCCCN1CCO)N1CCNCC1. The molecule has 0 saturated carbocycles. The van der Waals surface area contributed by atoms with E-state index in [0.29, 0.717) is 6.54 Å². The van der Waals surface area contributed by atoms with Crippen molar-refractivity contribution in [1.29, 1.82) is 0 Å². The van der Waals surface area contributed by atoms with Crippen LogP contribution in [-0.2, 0) is 4.79 Å². The van der Waals surface area contributed by atoms with E-state index in [-0.39, 0.29) is 18.6 Å². The molecule has 2 saturated heterocycles. The number of nitrogens with zero attached hydrogens (tertiary/aromatic N) is 2. The summed E-state index contributed by atoms with van der Waals surface area (Å²) in [6.45, 7) is 5.17. The third kappa shape index (κ3) is 3.18. The van der Waals surface area contributed by atoms with Crippen LogP contribution in [0, 0.1) is 0 Å². The minimum atomic E-state index is 0.00833. The van der Waals surface area contributed by atoms with Gasteiger partial charge in [-0.2, -0.15) is 0 Å². The van der Waals surface area contributed by atoms with Crippen LogP contribution in [0.1, 0.15) is 19.3 Å². The largest absolute Gasteiger partial charge is 0.395 e. The van der Waals surface area contributed by atoms with Gasteiger partial charge in [0.2, 0.25) is 5.91 Å². The summed E-state index contributed by atoms with van der Waals surface area (Å²) >= 11 is 0. The predicted octanol–water partition coefficient (Wildman–Crippen LogP) is -0.735. The van der Waals surface area contributed by atoms with Crippen molar-refractivity contribution in [2.45, 2.75) is 25.3 Å². The molecule has 5 nitrogen and oxygen atoms in total. The van der Waals surface area contributed by atoms with Gasteiger partial charge in [0.1, 0.15) is 0 Å². The van der Waals surface area contributed by atoms with E-state index in [0.717, 1.165) is 52.0 Å². The first-order chi connectivity index (χ1) is 8.33. The fourth-order valence-electron chi connectivity index (χ4n) is 2.76. The van der Waals surface area contributed by atoms with Gasteiger partial charge in [0.15, 0.2) is 0 Å². The number of hydrogen-bond donors (Lipinski definition) is 2. The minimum absolute atomic E-state index is 0.00833. The third-order valence-electron chi connectivity index (χ3n) is 3.71. The van der Waals surface area contributed by atoms with Crippen LogP contribution in [-0.4, -0.2) is 72.7 Å². The summed E-state index contributed by atoms with van der Waals surface area (Å²) in [5.74, 6) is 0.264. The molecule has 0 aromatic rings. The maximum absolute atomic E-state index is 12.4. The topological polar surface area (TPSA) is 55.8 Å². The number of carbonyl (C=O) groups is 1. The number of carbonyl (C=O) groups excluding carboxylic acids is 1. The number of piperazine rings is 1.